The molecule has 0 radical (unpaired) electrons. The molecule has 0 saturated carbocycles. The first-order valence-corrected chi connectivity index (χ1v) is 6.79. The Kier molecular flexibility index (Phi) is 3.30. The second-order valence-electron chi connectivity index (χ2n) is 4.03. The molecule has 0 aliphatic heterocycles. The molecular formula is C14H11N3O2S. The Morgan fingerprint density at radius 2 is 2.30 bits per heavy atom. The van der Waals surface area contributed by atoms with Crippen molar-refractivity contribution in [1.29, 1.82) is 0 Å². The lowest BCUT2D eigenvalue weighted by Crippen LogP contribution is -1.95. The molecular weight excluding hydrogens is 274 g/mol. The maximum Gasteiger partial charge on any atom is 0.153 e. The maximum atomic E-state index is 11.2. The van der Waals surface area contributed by atoms with Gasteiger partial charge in [0.2, 0.25) is 0 Å². The van der Waals surface area contributed by atoms with E-state index in [4.69, 9.17) is 4.74 Å². The first-order chi connectivity index (χ1) is 9.81. The van der Waals surface area contributed by atoms with Crippen LogP contribution in [0.25, 0.3) is 16.4 Å². The van der Waals surface area contributed by atoms with Crippen LogP contribution in [0.4, 0.5) is 0 Å². The van der Waals surface area contributed by atoms with Crippen LogP contribution in [-0.2, 0) is 0 Å². The van der Waals surface area contributed by atoms with Crippen LogP contribution in [0.1, 0.15) is 10.4 Å². The molecule has 3 rings (SSSR count). The summed E-state index contributed by atoms with van der Waals surface area (Å²) in [7, 11) is 1.61. The van der Waals surface area contributed by atoms with Crippen LogP contribution in [0.3, 0.4) is 0 Å². The monoisotopic (exact) mass is 285 g/mol. The SMILES string of the molecule is COc1cccc(-n2cc(C=O)c(-c3nccs3)n2)c1. The van der Waals surface area contributed by atoms with E-state index in [2.05, 4.69) is 10.1 Å². The highest BCUT2D eigenvalue weighted by Crippen LogP contribution is 2.25. The lowest BCUT2D eigenvalue weighted by Gasteiger charge is -2.03. The van der Waals surface area contributed by atoms with Gasteiger partial charge in [-0.1, -0.05) is 6.07 Å². The molecule has 5 nitrogen and oxygen atoms in total. The van der Waals surface area contributed by atoms with Gasteiger partial charge in [0.15, 0.2) is 6.29 Å². The molecule has 0 aliphatic rings. The average Bonchev–Trinajstić information content (AvgIpc) is 3.15. The number of nitrogens with zero attached hydrogens (tertiary/aromatic N) is 3. The lowest BCUT2D eigenvalue weighted by molar-refractivity contribution is 0.112. The molecule has 0 bridgehead atoms. The molecule has 0 spiro atoms. The molecule has 20 heavy (non-hydrogen) atoms. The van der Waals surface area contributed by atoms with E-state index in [1.807, 2.05) is 29.6 Å². The van der Waals surface area contributed by atoms with Gasteiger partial charge in [0.05, 0.1) is 18.4 Å². The zero-order chi connectivity index (χ0) is 13.9. The molecule has 0 amide bonds. The molecule has 100 valence electrons. The molecule has 0 atom stereocenters. The number of aromatic nitrogens is 3. The van der Waals surface area contributed by atoms with E-state index < -0.39 is 0 Å². The summed E-state index contributed by atoms with van der Waals surface area (Å²) in [5.74, 6) is 0.737. The first kappa shape index (κ1) is 12.6. The first-order valence-electron chi connectivity index (χ1n) is 5.91. The van der Waals surface area contributed by atoms with Crippen molar-refractivity contribution >= 4 is 17.6 Å². The van der Waals surface area contributed by atoms with E-state index in [-0.39, 0.29) is 0 Å². The summed E-state index contributed by atoms with van der Waals surface area (Å²) in [4.78, 5) is 15.4. The van der Waals surface area contributed by atoms with Gasteiger partial charge in [0, 0.05) is 23.8 Å². The van der Waals surface area contributed by atoms with Crippen LogP contribution in [0, 0.1) is 0 Å². The van der Waals surface area contributed by atoms with E-state index in [0.717, 1.165) is 22.7 Å². The largest absolute Gasteiger partial charge is 0.497 e. The number of hydrogen-bond donors (Lipinski definition) is 0. The molecule has 1 aromatic carbocycles. The predicted octanol–water partition coefficient (Wildman–Crippen LogP) is 2.82. The van der Waals surface area contributed by atoms with Gasteiger partial charge in [-0.05, 0) is 12.1 Å². The summed E-state index contributed by atoms with van der Waals surface area (Å²) in [6.07, 6.45) is 4.18. The zero-order valence-corrected chi connectivity index (χ0v) is 11.5. The summed E-state index contributed by atoms with van der Waals surface area (Å²) in [5.41, 5.74) is 1.94. The normalized spacial score (nSPS) is 10.4. The molecule has 0 aliphatic carbocycles. The minimum absolute atomic E-state index is 0.516. The van der Waals surface area contributed by atoms with Crippen LogP contribution in [0.2, 0.25) is 0 Å². The van der Waals surface area contributed by atoms with Gasteiger partial charge in [-0.15, -0.1) is 11.3 Å². The van der Waals surface area contributed by atoms with Crippen molar-refractivity contribution < 1.29 is 9.53 Å². The van der Waals surface area contributed by atoms with Crippen LogP contribution in [0.15, 0.2) is 42.0 Å². The van der Waals surface area contributed by atoms with Gasteiger partial charge in [-0.25, -0.2) is 9.67 Å². The summed E-state index contributed by atoms with van der Waals surface area (Å²) in [5, 5.41) is 7.03. The van der Waals surface area contributed by atoms with Crippen molar-refractivity contribution in [3.63, 3.8) is 0 Å². The highest BCUT2D eigenvalue weighted by molar-refractivity contribution is 7.13. The zero-order valence-electron chi connectivity index (χ0n) is 10.7. The minimum atomic E-state index is 0.516. The molecule has 2 aromatic heterocycles. The predicted molar refractivity (Wildman–Crippen MR) is 76.6 cm³/mol. The summed E-state index contributed by atoms with van der Waals surface area (Å²) < 4.78 is 6.85. The number of methoxy groups -OCH3 is 1. The van der Waals surface area contributed by atoms with Crippen molar-refractivity contribution in [2.75, 3.05) is 7.11 Å². The van der Waals surface area contributed by atoms with Gasteiger partial charge >= 0.3 is 0 Å². The van der Waals surface area contributed by atoms with Gasteiger partial charge in [0.25, 0.3) is 0 Å². The van der Waals surface area contributed by atoms with E-state index in [1.165, 1.54) is 11.3 Å². The van der Waals surface area contributed by atoms with E-state index in [1.54, 1.807) is 24.2 Å². The van der Waals surface area contributed by atoms with Crippen LogP contribution in [0.5, 0.6) is 5.75 Å². The molecule has 0 N–H and O–H groups in total. The quantitative estimate of drug-likeness (QED) is 0.692. The number of benzene rings is 1. The third-order valence-electron chi connectivity index (χ3n) is 2.82. The minimum Gasteiger partial charge on any atom is -0.497 e. The van der Waals surface area contributed by atoms with Crippen molar-refractivity contribution in [2.45, 2.75) is 0 Å². The van der Waals surface area contributed by atoms with Gasteiger partial charge < -0.3 is 4.74 Å². The van der Waals surface area contributed by atoms with E-state index in [0.29, 0.717) is 11.3 Å². The molecule has 6 heteroatoms. The third kappa shape index (κ3) is 2.21. The molecule has 0 fully saturated rings. The number of hydrogen-bond acceptors (Lipinski definition) is 5. The number of rotatable bonds is 4. The van der Waals surface area contributed by atoms with Gasteiger partial charge in [0.1, 0.15) is 16.5 Å². The fourth-order valence-electron chi connectivity index (χ4n) is 1.87. The fraction of sp³-hybridized carbons (Fsp3) is 0.0714. The Labute approximate surface area is 119 Å². The summed E-state index contributed by atoms with van der Waals surface area (Å²) in [6, 6.07) is 7.48. The van der Waals surface area contributed by atoms with Crippen LogP contribution >= 0.6 is 11.3 Å². The third-order valence-corrected chi connectivity index (χ3v) is 3.60. The Morgan fingerprint density at radius 3 is 3.00 bits per heavy atom. The number of aldehydes is 1. The van der Waals surface area contributed by atoms with Gasteiger partial charge in [-0.3, -0.25) is 4.79 Å². The van der Waals surface area contributed by atoms with E-state index in [9.17, 15) is 4.79 Å². The standard InChI is InChI=1S/C14H11N3O2S/c1-19-12-4-2-3-11(7-12)17-8-10(9-18)13(16-17)14-15-5-6-20-14/h2-9H,1H3. The highest BCUT2D eigenvalue weighted by Gasteiger charge is 2.13. The smallest absolute Gasteiger partial charge is 0.153 e. The number of carbonyl (C=O) groups excluding carboxylic acids is 1. The molecule has 0 saturated heterocycles. The number of ether oxygens (including phenoxy) is 1. The van der Waals surface area contributed by atoms with Crippen molar-refractivity contribution in [3.8, 4) is 22.1 Å². The number of thiazole rings is 1. The van der Waals surface area contributed by atoms with E-state index >= 15 is 0 Å². The fourth-order valence-corrected chi connectivity index (χ4v) is 2.51. The summed E-state index contributed by atoms with van der Waals surface area (Å²) in [6.45, 7) is 0. The van der Waals surface area contributed by atoms with Crippen molar-refractivity contribution in [1.82, 2.24) is 14.8 Å². The van der Waals surface area contributed by atoms with Crippen molar-refractivity contribution in [2.24, 2.45) is 0 Å². The average molecular weight is 285 g/mol. The Morgan fingerprint density at radius 1 is 1.40 bits per heavy atom. The Hall–Kier alpha value is -2.47. The molecule has 2 heterocycles. The Bertz CT molecular complexity index is 735. The second-order valence-corrected chi connectivity index (χ2v) is 4.93. The molecule has 0 unspecified atom stereocenters. The Balaban J connectivity index is 2.09. The number of carbonyl (C=O) groups is 1. The summed E-state index contributed by atoms with van der Waals surface area (Å²) >= 11 is 1.45. The second kappa shape index (κ2) is 5.26. The van der Waals surface area contributed by atoms with Gasteiger partial charge in [-0.2, -0.15) is 5.10 Å². The van der Waals surface area contributed by atoms with Crippen LogP contribution < -0.4 is 4.74 Å². The topological polar surface area (TPSA) is 57.0 Å². The highest BCUT2D eigenvalue weighted by atomic mass is 32.1. The molecule has 3 aromatic rings. The maximum absolute atomic E-state index is 11.2. The van der Waals surface area contributed by atoms with Crippen molar-refractivity contribution in [3.05, 3.63) is 47.6 Å². The lowest BCUT2D eigenvalue weighted by atomic mass is 10.3. The van der Waals surface area contributed by atoms with Crippen LogP contribution in [-0.4, -0.2) is 28.2 Å².